The Kier molecular flexibility index (Phi) is 6.75. The van der Waals surface area contributed by atoms with Gasteiger partial charge in [0.1, 0.15) is 5.76 Å². The van der Waals surface area contributed by atoms with Crippen molar-refractivity contribution in [3.63, 3.8) is 0 Å². The summed E-state index contributed by atoms with van der Waals surface area (Å²) in [6.45, 7) is 2.04. The third kappa shape index (κ3) is 5.38. The maximum Gasteiger partial charge on any atom is 0.374 e. The Balaban J connectivity index is 1.90. The first-order chi connectivity index (χ1) is 13.5. The fourth-order valence-corrected chi connectivity index (χ4v) is 2.74. The number of carbonyl (C=O) groups excluding carboxylic acids is 1. The van der Waals surface area contributed by atoms with Crippen molar-refractivity contribution in [3.05, 3.63) is 92.9 Å². The van der Waals surface area contributed by atoms with Gasteiger partial charge in [-0.2, -0.15) is 0 Å². The number of rotatable bonds is 6. The molecule has 1 aromatic heterocycles. The van der Waals surface area contributed by atoms with E-state index < -0.39 is 5.97 Å². The molecule has 0 fully saturated rings. The summed E-state index contributed by atoms with van der Waals surface area (Å²) in [5.41, 5.74) is 2.71. The summed E-state index contributed by atoms with van der Waals surface area (Å²) in [7, 11) is 0. The summed E-state index contributed by atoms with van der Waals surface area (Å²) in [5.74, 6) is 0.228. The highest BCUT2D eigenvalue weighted by molar-refractivity contribution is 6.30. The highest BCUT2D eigenvalue weighted by Gasteiger charge is 2.15. The molecule has 0 saturated carbocycles. The van der Waals surface area contributed by atoms with Crippen LogP contribution in [0, 0.1) is 0 Å². The van der Waals surface area contributed by atoms with Crippen LogP contribution < -0.4 is 0 Å². The number of esters is 1. The number of ether oxygens (including phenoxy) is 1. The molecule has 0 amide bonds. The molecule has 28 heavy (non-hydrogen) atoms. The van der Waals surface area contributed by atoms with E-state index in [-0.39, 0.29) is 12.4 Å². The molecular formula is C23H18Cl2O3. The predicted molar refractivity (Wildman–Crippen MR) is 115 cm³/mol. The van der Waals surface area contributed by atoms with Gasteiger partial charge in [-0.25, -0.2) is 4.79 Å². The van der Waals surface area contributed by atoms with Crippen molar-refractivity contribution in [3.8, 4) is 0 Å². The Morgan fingerprint density at radius 2 is 1.43 bits per heavy atom. The van der Waals surface area contributed by atoms with E-state index in [1.807, 2.05) is 72.8 Å². The second-order valence-electron chi connectivity index (χ2n) is 5.92. The molecule has 0 atom stereocenters. The predicted octanol–water partition coefficient (Wildman–Crippen LogP) is 7.10. The van der Waals surface area contributed by atoms with Gasteiger partial charge in [-0.05, 0) is 54.5 Å². The number of halogens is 2. The maximum absolute atomic E-state index is 12.0. The van der Waals surface area contributed by atoms with Crippen molar-refractivity contribution in [2.45, 2.75) is 6.92 Å². The van der Waals surface area contributed by atoms with E-state index in [9.17, 15) is 4.79 Å². The fourth-order valence-electron chi connectivity index (χ4n) is 2.49. The number of furan rings is 1. The van der Waals surface area contributed by atoms with Gasteiger partial charge in [-0.15, -0.1) is 0 Å². The van der Waals surface area contributed by atoms with E-state index in [4.69, 9.17) is 32.4 Å². The lowest BCUT2D eigenvalue weighted by molar-refractivity contribution is 0.0489. The van der Waals surface area contributed by atoms with Gasteiger partial charge in [-0.3, -0.25) is 0 Å². The van der Waals surface area contributed by atoms with Crippen molar-refractivity contribution in [2.24, 2.45) is 0 Å². The van der Waals surface area contributed by atoms with Crippen LogP contribution in [0.1, 0.15) is 39.9 Å². The zero-order valence-electron chi connectivity index (χ0n) is 15.2. The molecule has 3 aromatic rings. The third-order valence-electron chi connectivity index (χ3n) is 3.89. The van der Waals surface area contributed by atoms with Gasteiger partial charge in [0, 0.05) is 15.6 Å². The summed E-state index contributed by atoms with van der Waals surface area (Å²) in [6.07, 6.45) is 7.52. The average Bonchev–Trinajstić information content (AvgIpc) is 3.11. The highest BCUT2D eigenvalue weighted by Crippen LogP contribution is 2.23. The van der Waals surface area contributed by atoms with Crippen molar-refractivity contribution in [1.82, 2.24) is 0 Å². The minimum absolute atomic E-state index is 0.161. The third-order valence-corrected chi connectivity index (χ3v) is 4.39. The molecule has 0 radical (unpaired) electrons. The first-order valence-corrected chi connectivity index (χ1v) is 9.49. The molecule has 3 nitrogen and oxygen atoms in total. The first kappa shape index (κ1) is 20.0. The lowest BCUT2D eigenvalue weighted by Crippen LogP contribution is -2.02. The first-order valence-electron chi connectivity index (χ1n) is 8.73. The highest BCUT2D eigenvalue weighted by atomic mass is 35.5. The Labute approximate surface area is 173 Å². The maximum atomic E-state index is 12.0. The van der Waals surface area contributed by atoms with Crippen LogP contribution >= 0.6 is 23.2 Å². The van der Waals surface area contributed by atoms with Gasteiger partial charge in [0.15, 0.2) is 0 Å². The molecule has 1 heterocycles. The van der Waals surface area contributed by atoms with E-state index in [1.54, 1.807) is 13.0 Å². The van der Waals surface area contributed by atoms with Crippen molar-refractivity contribution in [1.29, 1.82) is 0 Å². The van der Waals surface area contributed by atoms with Gasteiger partial charge >= 0.3 is 5.97 Å². The van der Waals surface area contributed by atoms with Gasteiger partial charge in [0.2, 0.25) is 5.76 Å². The molecular weight excluding hydrogens is 395 g/mol. The molecule has 142 valence electrons. The van der Waals surface area contributed by atoms with Crippen molar-refractivity contribution < 1.29 is 13.9 Å². The average molecular weight is 413 g/mol. The lowest BCUT2D eigenvalue weighted by Gasteiger charge is -1.96. The van der Waals surface area contributed by atoms with Crippen LogP contribution in [0.25, 0.3) is 24.3 Å². The Morgan fingerprint density at radius 3 is 1.96 bits per heavy atom. The van der Waals surface area contributed by atoms with E-state index in [0.717, 1.165) is 16.7 Å². The minimum Gasteiger partial charge on any atom is -0.460 e. The molecule has 0 bridgehead atoms. The zero-order valence-corrected chi connectivity index (χ0v) is 16.7. The molecule has 2 aromatic carbocycles. The summed E-state index contributed by atoms with van der Waals surface area (Å²) in [6, 6.07) is 16.6. The summed E-state index contributed by atoms with van der Waals surface area (Å²) in [5, 5.41) is 1.35. The Bertz CT molecular complexity index is 924. The van der Waals surface area contributed by atoms with Gasteiger partial charge < -0.3 is 9.15 Å². The minimum atomic E-state index is -0.491. The van der Waals surface area contributed by atoms with Gasteiger partial charge in [0.25, 0.3) is 0 Å². The summed E-state index contributed by atoms with van der Waals surface area (Å²) < 4.78 is 10.8. The van der Waals surface area contributed by atoms with Gasteiger partial charge in [-0.1, -0.05) is 65.7 Å². The van der Waals surface area contributed by atoms with E-state index >= 15 is 0 Å². The fraction of sp³-hybridized carbons (Fsp3) is 0.0870. The van der Waals surface area contributed by atoms with Crippen LogP contribution in [-0.4, -0.2) is 12.6 Å². The van der Waals surface area contributed by atoms with Crippen molar-refractivity contribution in [2.75, 3.05) is 6.61 Å². The van der Waals surface area contributed by atoms with Crippen molar-refractivity contribution >= 4 is 53.5 Å². The SMILES string of the molecule is CCOC(=O)c1cc(/C=C/c2ccc(Cl)cc2)c(/C=C/c2ccc(Cl)cc2)o1. The second kappa shape index (κ2) is 9.45. The van der Waals surface area contributed by atoms with Crippen LogP contribution in [-0.2, 0) is 4.74 Å². The Hall–Kier alpha value is -2.75. The molecule has 0 spiro atoms. The van der Waals surface area contributed by atoms with E-state index in [0.29, 0.717) is 15.8 Å². The smallest absolute Gasteiger partial charge is 0.374 e. The second-order valence-corrected chi connectivity index (χ2v) is 6.79. The monoisotopic (exact) mass is 412 g/mol. The van der Waals surface area contributed by atoms with Crippen LogP contribution in [0.15, 0.2) is 59.0 Å². The van der Waals surface area contributed by atoms with Crippen LogP contribution in [0.4, 0.5) is 0 Å². The number of benzene rings is 2. The normalized spacial score (nSPS) is 11.4. The summed E-state index contributed by atoms with van der Waals surface area (Å²) in [4.78, 5) is 12.0. The molecule has 0 N–H and O–H groups in total. The molecule has 0 aliphatic carbocycles. The summed E-state index contributed by atoms with van der Waals surface area (Å²) >= 11 is 11.8. The molecule has 0 saturated heterocycles. The van der Waals surface area contributed by atoms with Crippen LogP contribution in [0.3, 0.4) is 0 Å². The number of hydrogen-bond acceptors (Lipinski definition) is 3. The standard InChI is InChI=1S/C23H18Cl2O3/c1-2-27-23(26)22-15-18(9-3-16-4-10-19(24)11-5-16)21(28-22)14-8-17-6-12-20(25)13-7-17/h3-15H,2H2,1H3/b9-3+,14-8+. The van der Waals surface area contributed by atoms with Crippen LogP contribution in [0.2, 0.25) is 10.0 Å². The topological polar surface area (TPSA) is 39.4 Å². The van der Waals surface area contributed by atoms with Gasteiger partial charge in [0.05, 0.1) is 6.61 Å². The quantitative estimate of drug-likeness (QED) is 0.405. The number of carbonyl (C=O) groups is 1. The zero-order chi connectivity index (χ0) is 19.9. The largest absolute Gasteiger partial charge is 0.460 e. The molecule has 0 unspecified atom stereocenters. The lowest BCUT2D eigenvalue weighted by atomic mass is 10.1. The van der Waals surface area contributed by atoms with E-state index in [2.05, 4.69) is 0 Å². The number of hydrogen-bond donors (Lipinski definition) is 0. The van der Waals surface area contributed by atoms with E-state index in [1.165, 1.54) is 0 Å². The van der Waals surface area contributed by atoms with Crippen LogP contribution in [0.5, 0.6) is 0 Å². The molecule has 5 heteroatoms. The molecule has 0 aliphatic heterocycles. The molecule has 3 rings (SSSR count). The Morgan fingerprint density at radius 1 is 0.893 bits per heavy atom. The molecule has 0 aliphatic rings.